The molecular formula is C15H24N2O. The van der Waals surface area contributed by atoms with Gasteiger partial charge in [0.2, 0.25) is 0 Å². The monoisotopic (exact) mass is 248 g/mol. The number of aliphatic hydroxyl groups excluding tert-OH is 1. The molecule has 100 valence electrons. The summed E-state index contributed by atoms with van der Waals surface area (Å²) in [6.45, 7) is 2.36. The fraction of sp³-hybridized carbons (Fsp3) is 0.667. The van der Waals surface area contributed by atoms with Crippen LogP contribution in [0.15, 0.2) is 18.3 Å². The summed E-state index contributed by atoms with van der Waals surface area (Å²) in [6.07, 6.45) is 8.33. The van der Waals surface area contributed by atoms with E-state index in [9.17, 15) is 0 Å². The highest BCUT2D eigenvalue weighted by Crippen LogP contribution is 2.30. The van der Waals surface area contributed by atoms with Crippen LogP contribution in [0.25, 0.3) is 0 Å². The maximum atomic E-state index is 9.02. The first kappa shape index (κ1) is 13.3. The van der Waals surface area contributed by atoms with Crippen LogP contribution in [0.1, 0.15) is 44.6 Å². The smallest absolute Gasteiger partial charge is 0.128 e. The fourth-order valence-electron chi connectivity index (χ4n) is 2.85. The van der Waals surface area contributed by atoms with Gasteiger partial charge in [-0.1, -0.05) is 19.4 Å². The zero-order chi connectivity index (χ0) is 13.0. The van der Waals surface area contributed by atoms with Crippen molar-refractivity contribution in [3.63, 3.8) is 0 Å². The Morgan fingerprint density at radius 3 is 2.50 bits per heavy atom. The molecule has 0 amide bonds. The maximum absolute atomic E-state index is 9.02. The molecule has 1 heterocycles. The summed E-state index contributed by atoms with van der Waals surface area (Å²) < 4.78 is 0. The predicted molar refractivity (Wildman–Crippen MR) is 74.6 cm³/mol. The lowest BCUT2D eigenvalue weighted by molar-refractivity contribution is 0.281. The summed E-state index contributed by atoms with van der Waals surface area (Å²) in [5.74, 6) is 1.95. The molecule has 0 unspecified atom stereocenters. The lowest BCUT2D eigenvalue weighted by Crippen LogP contribution is -2.35. The molecule has 3 heteroatoms. The van der Waals surface area contributed by atoms with Crippen molar-refractivity contribution in [1.82, 2.24) is 4.98 Å². The molecule has 3 nitrogen and oxygen atoms in total. The summed E-state index contributed by atoms with van der Waals surface area (Å²) in [4.78, 5) is 6.73. The number of aliphatic hydroxyl groups is 1. The quantitative estimate of drug-likeness (QED) is 0.890. The zero-order valence-corrected chi connectivity index (χ0v) is 11.5. The standard InChI is InChI=1S/C15H24N2O/c1-3-12-4-7-14(8-5-12)17(2)15-9-6-13(11-18)10-16-15/h6,9-10,12,14,18H,3-5,7-8,11H2,1-2H3. The van der Waals surface area contributed by atoms with Crippen LogP contribution < -0.4 is 4.90 Å². The Labute approximate surface area is 110 Å². The molecular weight excluding hydrogens is 224 g/mol. The third kappa shape index (κ3) is 3.02. The molecule has 0 atom stereocenters. The Balaban J connectivity index is 1.96. The number of hydrogen-bond donors (Lipinski definition) is 1. The molecule has 1 aromatic heterocycles. The van der Waals surface area contributed by atoms with Crippen LogP contribution >= 0.6 is 0 Å². The first-order valence-corrected chi connectivity index (χ1v) is 7.03. The second-order valence-corrected chi connectivity index (χ2v) is 5.38. The van der Waals surface area contributed by atoms with Crippen molar-refractivity contribution in [2.75, 3.05) is 11.9 Å². The molecule has 0 aliphatic heterocycles. The van der Waals surface area contributed by atoms with E-state index in [1.807, 2.05) is 12.1 Å². The van der Waals surface area contributed by atoms with Crippen LogP contribution in [0.5, 0.6) is 0 Å². The van der Waals surface area contributed by atoms with E-state index in [1.165, 1.54) is 32.1 Å². The van der Waals surface area contributed by atoms with Crippen molar-refractivity contribution in [3.8, 4) is 0 Å². The molecule has 1 aliphatic rings. The average Bonchev–Trinajstić information content (AvgIpc) is 2.47. The van der Waals surface area contributed by atoms with Crippen LogP contribution in [0.2, 0.25) is 0 Å². The van der Waals surface area contributed by atoms with Crippen LogP contribution in [0.4, 0.5) is 5.82 Å². The van der Waals surface area contributed by atoms with Gasteiger partial charge in [-0.25, -0.2) is 4.98 Å². The zero-order valence-electron chi connectivity index (χ0n) is 11.5. The molecule has 1 fully saturated rings. The number of rotatable bonds is 4. The highest BCUT2D eigenvalue weighted by Gasteiger charge is 2.23. The van der Waals surface area contributed by atoms with Crippen molar-refractivity contribution >= 4 is 5.82 Å². The third-order valence-electron chi connectivity index (χ3n) is 4.29. The minimum absolute atomic E-state index is 0.0681. The molecule has 1 aliphatic carbocycles. The van der Waals surface area contributed by atoms with Gasteiger partial charge in [-0.2, -0.15) is 0 Å². The van der Waals surface area contributed by atoms with E-state index in [4.69, 9.17) is 5.11 Å². The maximum Gasteiger partial charge on any atom is 0.128 e. The molecule has 1 N–H and O–H groups in total. The number of nitrogens with zero attached hydrogens (tertiary/aromatic N) is 2. The van der Waals surface area contributed by atoms with Crippen LogP contribution in [0, 0.1) is 5.92 Å². The fourth-order valence-corrected chi connectivity index (χ4v) is 2.85. The van der Waals surface area contributed by atoms with E-state index < -0.39 is 0 Å². The van der Waals surface area contributed by atoms with E-state index >= 15 is 0 Å². The molecule has 0 radical (unpaired) electrons. The van der Waals surface area contributed by atoms with Gasteiger partial charge < -0.3 is 10.0 Å². The van der Waals surface area contributed by atoms with Gasteiger partial charge in [0.1, 0.15) is 5.82 Å². The van der Waals surface area contributed by atoms with Crippen molar-refractivity contribution in [2.24, 2.45) is 5.92 Å². The van der Waals surface area contributed by atoms with E-state index in [0.29, 0.717) is 6.04 Å². The Hall–Kier alpha value is -1.09. The van der Waals surface area contributed by atoms with E-state index in [1.54, 1.807) is 6.20 Å². The van der Waals surface area contributed by atoms with Gasteiger partial charge in [0, 0.05) is 19.3 Å². The minimum atomic E-state index is 0.0681. The largest absolute Gasteiger partial charge is 0.392 e. The molecule has 2 rings (SSSR count). The molecule has 1 saturated carbocycles. The van der Waals surface area contributed by atoms with Gasteiger partial charge in [0.15, 0.2) is 0 Å². The van der Waals surface area contributed by atoms with Gasteiger partial charge in [-0.15, -0.1) is 0 Å². The summed E-state index contributed by atoms with van der Waals surface area (Å²) >= 11 is 0. The second-order valence-electron chi connectivity index (χ2n) is 5.38. The average molecular weight is 248 g/mol. The van der Waals surface area contributed by atoms with Crippen molar-refractivity contribution in [3.05, 3.63) is 23.9 Å². The van der Waals surface area contributed by atoms with Crippen molar-refractivity contribution in [1.29, 1.82) is 0 Å². The van der Waals surface area contributed by atoms with E-state index in [2.05, 4.69) is 23.9 Å². The Morgan fingerprint density at radius 1 is 1.28 bits per heavy atom. The summed E-state index contributed by atoms with van der Waals surface area (Å²) in [5, 5.41) is 9.02. The Bertz CT molecular complexity index is 355. The van der Waals surface area contributed by atoms with Crippen LogP contribution in [0.3, 0.4) is 0 Å². The molecule has 0 saturated heterocycles. The van der Waals surface area contributed by atoms with Crippen molar-refractivity contribution < 1.29 is 5.11 Å². The lowest BCUT2D eigenvalue weighted by atomic mass is 9.84. The SMILES string of the molecule is CCC1CCC(N(C)c2ccc(CO)cn2)CC1. The highest BCUT2D eigenvalue weighted by molar-refractivity contribution is 5.39. The summed E-state index contributed by atoms with van der Waals surface area (Å²) in [7, 11) is 2.14. The molecule has 18 heavy (non-hydrogen) atoms. The normalized spacial score (nSPS) is 23.9. The number of pyridine rings is 1. The van der Waals surface area contributed by atoms with Gasteiger partial charge >= 0.3 is 0 Å². The van der Waals surface area contributed by atoms with Crippen molar-refractivity contribution in [2.45, 2.75) is 51.7 Å². The third-order valence-corrected chi connectivity index (χ3v) is 4.29. The van der Waals surface area contributed by atoms with E-state index in [0.717, 1.165) is 17.3 Å². The van der Waals surface area contributed by atoms with Gasteiger partial charge in [-0.3, -0.25) is 0 Å². The number of aromatic nitrogens is 1. The number of anilines is 1. The highest BCUT2D eigenvalue weighted by atomic mass is 16.3. The first-order valence-electron chi connectivity index (χ1n) is 7.03. The molecule has 0 aromatic carbocycles. The predicted octanol–water partition coefficient (Wildman–Crippen LogP) is 2.98. The van der Waals surface area contributed by atoms with E-state index in [-0.39, 0.29) is 6.61 Å². The van der Waals surface area contributed by atoms with Gasteiger partial charge in [-0.05, 0) is 43.2 Å². The second kappa shape index (κ2) is 6.19. The molecule has 0 spiro atoms. The summed E-state index contributed by atoms with van der Waals surface area (Å²) in [6, 6.07) is 4.59. The minimum Gasteiger partial charge on any atom is -0.392 e. The van der Waals surface area contributed by atoms with Gasteiger partial charge in [0.25, 0.3) is 0 Å². The topological polar surface area (TPSA) is 36.4 Å². The Morgan fingerprint density at radius 2 is 2.00 bits per heavy atom. The molecule has 1 aromatic rings. The molecule has 0 bridgehead atoms. The summed E-state index contributed by atoms with van der Waals surface area (Å²) in [5.41, 5.74) is 0.877. The Kier molecular flexibility index (Phi) is 4.59. The number of hydrogen-bond acceptors (Lipinski definition) is 3. The van der Waals surface area contributed by atoms with Crippen LogP contribution in [-0.2, 0) is 6.61 Å². The first-order chi connectivity index (χ1) is 8.74. The van der Waals surface area contributed by atoms with Gasteiger partial charge in [0.05, 0.1) is 6.61 Å². The van der Waals surface area contributed by atoms with Crippen LogP contribution in [-0.4, -0.2) is 23.2 Å². The lowest BCUT2D eigenvalue weighted by Gasteiger charge is -2.35.